The molecule has 0 saturated carbocycles. The Labute approximate surface area is 94.9 Å². The first kappa shape index (κ1) is 9.77. The highest BCUT2D eigenvalue weighted by Gasteiger charge is 2.13. The Morgan fingerprint density at radius 1 is 1.35 bits per heavy atom. The number of aromatic nitrogens is 2. The van der Waals surface area contributed by atoms with E-state index in [0.717, 1.165) is 0 Å². The maximum Gasteiger partial charge on any atom is 0.354 e. The van der Waals surface area contributed by atoms with Gasteiger partial charge in [-0.25, -0.2) is 14.2 Å². The first-order chi connectivity index (χ1) is 8.18. The van der Waals surface area contributed by atoms with E-state index < -0.39 is 11.8 Å². The fourth-order valence-electron chi connectivity index (χ4n) is 1.93. The van der Waals surface area contributed by atoms with Crippen LogP contribution in [0.3, 0.4) is 0 Å². The summed E-state index contributed by atoms with van der Waals surface area (Å²) >= 11 is 0. The van der Waals surface area contributed by atoms with Crippen LogP contribution in [0.1, 0.15) is 10.5 Å². The average molecular weight is 230 g/mol. The topological polar surface area (TPSA) is 54.6 Å². The molecule has 0 radical (unpaired) electrons. The molecule has 0 bridgehead atoms. The second-order valence-corrected chi connectivity index (χ2v) is 3.66. The first-order valence-electron chi connectivity index (χ1n) is 4.96. The number of pyridine rings is 1. The highest BCUT2D eigenvalue weighted by Crippen LogP contribution is 2.22. The van der Waals surface area contributed by atoms with Gasteiger partial charge in [-0.2, -0.15) is 0 Å². The van der Waals surface area contributed by atoms with Crippen LogP contribution in [0.4, 0.5) is 4.39 Å². The van der Waals surface area contributed by atoms with Crippen LogP contribution in [0.15, 0.2) is 36.7 Å². The molecule has 2 heterocycles. The van der Waals surface area contributed by atoms with Gasteiger partial charge in [0.25, 0.3) is 0 Å². The lowest BCUT2D eigenvalue weighted by atomic mass is 10.1. The van der Waals surface area contributed by atoms with Crippen molar-refractivity contribution >= 4 is 22.4 Å². The zero-order valence-electron chi connectivity index (χ0n) is 8.59. The van der Waals surface area contributed by atoms with E-state index in [1.165, 1.54) is 16.7 Å². The summed E-state index contributed by atoms with van der Waals surface area (Å²) in [6, 6.07) is 6.36. The quantitative estimate of drug-likeness (QED) is 0.698. The number of benzene rings is 1. The van der Waals surface area contributed by atoms with Crippen LogP contribution in [0, 0.1) is 5.82 Å². The zero-order valence-corrected chi connectivity index (χ0v) is 8.59. The number of imidazole rings is 1. The number of hydrogen-bond donors (Lipinski definition) is 1. The van der Waals surface area contributed by atoms with E-state index in [9.17, 15) is 9.18 Å². The number of hydrogen-bond acceptors (Lipinski definition) is 2. The summed E-state index contributed by atoms with van der Waals surface area (Å²) in [6.07, 6.45) is 2.80. The van der Waals surface area contributed by atoms with E-state index in [1.807, 2.05) is 0 Å². The second kappa shape index (κ2) is 3.28. The molecule has 0 aliphatic heterocycles. The van der Waals surface area contributed by atoms with Gasteiger partial charge in [0.15, 0.2) is 5.69 Å². The molecule has 84 valence electrons. The van der Waals surface area contributed by atoms with Crippen LogP contribution in [0.2, 0.25) is 0 Å². The lowest BCUT2D eigenvalue weighted by Gasteiger charge is -2.02. The van der Waals surface area contributed by atoms with Crippen molar-refractivity contribution in [1.29, 1.82) is 0 Å². The molecule has 3 aromatic rings. The predicted molar refractivity (Wildman–Crippen MR) is 59.6 cm³/mol. The number of nitrogens with zero attached hydrogens (tertiary/aromatic N) is 2. The molecule has 0 amide bonds. The van der Waals surface area contributed by atoms with Gasteiger partial charge in [-0.05, 0) is 17.5 Å². The second-order valence-electron chi connectivity index (χ2n) is 3.66. The van der Waals surface area contributed by atoms with Crippen LogP contribution in [0.5, 0.6) is 0 Å². The zero-order chi connectivity index (χ0) is 12.0. The molecule has 0 fully saturated rings. The monoisotopic (exact) mass is 230 g/mol. The van der Waals surface area contributed by atoms with Crippen LogP contribution in [-0.4, -0.2) is 20.5 Å². The SMILES string of the molecule is O=C(O)c1cnc2c3c(F)cccc3ccn12. The maximum atomic E-state index is 13.7. The van der Waals surface area contributed by atoms with Gasteiger partial charge in [0, 0.05) is 6.20 Å². The molecular weight excluding hydrogens is 223 g/mol. The minimum absolute atomic E-state index is 0.0187. The van der Waals surface area contributed by atoms with E-state index in [0.29, 0.717) is 16.4 Å². The number of rotatable bonds is 1. The third-order valence-corrected chi connectivity index (χ3v) is 2.69. The molecule has 3 rings (SSSR count). The van der Waals surface area contributed by atoms with Crippen molar-refractivity contribution in [1.82, 2.24) is 9.38 Å². The molecular formula is C12H7FN2O2. The normalized spacial score (nSPS) is 11.1. The van der Waals surface area contributed by atoms with E-state index in [4.69, 9.17) is 5.11 Å². The number of halogens is 1. The molecule has 5 heteroatoms. The smallest absolute Gasteiger partial charge is 0.354 e. The number of carbonyl (C=O) groups is 1. The fourth-order valence-corrected chi connectivity index (χ4v) is 1.93. The maximum absolute atomic E-state index is 13.7. The summed E-state index contributed by atoms with van der Waals surface area (Å²) in [4.78, 5) is 14.9. The van der Waals surface area contributed by atoms with Crippen molar-refractivity contribution < 1.29 is 14.3 Å². The van der Waals surface area contributed by atoms with Crippen molar-refractivity contribution in [2.75, 3.05) is 0 Å². The minimum atomic E-state index is -1.09. The molecule has 0 unspecified atom stereocenters. The van der Waals surface area contributed by atoms with Crippen LogP contribution in [-0.2, 0) is 0 Å². The van der Waals surface area contributed by atoms with Crippen molar-refractivity contribution in [2.45, 2.75) is 0 Å². The van der Waals surface area contributed by atoms with Gasteiger partial charge in [0.2, 0.25) is 0 Å². The highest BCUT2D eigenvalue weighted by atomic mass is 19.1. The standard InChI is InChI=1S/C12H7FN2O2/c13-8-3-1-2-7-4-5-15-9(12(16)17)6-14-11(15)10(7)8/h1-6H,(H,16,17). The Morgan fingerprint density at radius 3 is 2.94 bits per heavy atom. The summed E-state index contributed by atoms with van der Waals surface area (Å²) < 4.78 is 15.1. The Hall–Kier alpha value is -2.43. The highest BCUT2D eigenvalue weighted by molar-refractivity contribution is 5.96. The van der Waals surface area contributed by atoms with E-state index >= 15 is 0 Å². The van der Waals surface area contributed by atoms with Gasteiger partial charge < -0.3 is 5.11 Å². The van der Waals surface area contributed by atoms with Gasteiger partial charge in [-0.3, -0.25) is 4.40 Å². The van der Waals surface area contributed by atoms with Crippen LogP contribution < -0.4 is 0 Å². The predicted octanol–water partition coefficient (Wildman–Crippen LogP) is 2.32. The van der Waals surface area contributed by atoms with E-state index in [1.54, 1.807) is 24.4 Å². The Bertz CT molecular complexity index is 749. The Morgan fingerprint density at radius 2 is 2.18 bits per heavy atom. The Balaban J connectivity index is 2.53. The summed E-state index contributed by atoms with van der Waals surface area (Å²) in [5.41, 5.74) is 0.336. The van der Waals surface area contributed by atoms with E-state index in [-0.39, 0.29) is 5.69 Å². The summed E-state index contributed by atoms with van der Waals surface area (Å²) in [7, 11) is 0. The van der Waals surface area contributed by atoms with Crippen molar-refractivity contribution in [3.8, 4) is 0 Å². The molecule has 0 aliphatic carbocycles. The number of aromatic carboxylic acids is 1. The summed E-state index contributed by atoms with van der Waals surface area (Å²) in [5.74, 6) is -1.50. The lowest BCUT2D eigenvalue weighted by molar-refractivity contribution is 0.0689. The Kier molecular flexibility index (Phi) is 1.89. The molecule has 0 spiro atoms. The molecule has 1 N–H and O–H groups in total. The van der Waals surface area contributed by atoms with Crippen molar-refractivity contribution in [3.05, 3.63) is 48.2 Å². The number of carboxylic acid groups (broad SMARTS) is 1. The molecule has 1 aromatic carbocycles. The molecule has 0 aliphatic rings. The van der Waals surface area contributed by atoms with Crippen molar-refractivity contribution in [3.63, 3.8) is 0 Å². The minimum Gasteiger partial charge on any atom is -0.477 e. The number of fused-ring (bicyclic) bond motifs is 3. The molecule has 17 heavy (non-hydrogen) atoms. The summed E-state index contributed by atoms with van der Waals surface area (Å²) in [5, 5.41) is 9.99. The van der Waals surface area contributed by atoms with Gasteiger partial charge in [-0.1, -0.05) is 12.1 Å². The van der Waals surface area contributed by atoms with E-state index in [2.05, 4.69) is 4.98 Å². The van der Waals surface area contributed by atoms with Crippen LogP contribution in [0.25, 0.3) is 16.4 Å². The first-order valence-corrected chi connectivity index (χ1v) is 4.96. The molecule has 4 nitrogen and oxygen atoms in total. The summed E-state index contributed by atoms with van der Waals surface area (Å²) in [6.45, 7) is 0. The van der Waals surface area contributed by atoms with Crippen LogP contribution >= 0.6 is 0 Å². The lowest BCUT2D eigenvalue weighted by Crippen LogP contribution is -2.01. The third kappa shape index (κ3) is 1.29. The molecule has 0 saturated heterocycles. The van der Waals surface area contributed by atoms with Crippen molar-refractivity contribution in [2.24, 2.45) is 0 Å². The number of carboxylic acids is 1. The molecule has 0 atom stereocenters. The average Bonchev–Trinajstić information content (AvgIpc) is 2.72. The van der Waals surface area contributed by atoms with Gasteiger partial charge in [0.1, 0.15) is 11.5 Å². The van der Waals surface area contributed by atoms with Gasteiger partial charge >= 0.3 is 5.97 Å². The van der Waals surface area contributed by atoms with Gasteiger partial charge in [-0.15, -0.1) is 0 Å². The van der Waals surface area contributed by atoms with Gasteiger partial charge in [0.05, 0.1) is 11.6 Å². The largest absolute Gasteiger partial charge is 0.477 e. The third-order valence-electron chi connectivity index (χ3n) is 2.69. The molecule has 2 aromatic heterocycles. The fraction of sp³-hybridized carbons (Fsp3) is 0.